The molecule has 0 radical (unpaired) electrons. The van der Waals surface area contributed by atoms with Gasteiger partial charge < -0.3 is 4.74 Å². The highest BCUT2D eigenvalue weighted by Gasteiger charge is 2.27. The van der Waals surface area contributed by atoms with Crippen LogP contribution in [-0.2, 0) is 4.74 Å². The summed E-state index contributed by atoms with van der Waals surface area (Å²) in [6.45, 7) is 7.08. The Morgan fingerprint density at radius 1 is 1.30 bits per heavy atom. The van der Waals surface area contributed by atoms with E-state index in [2.05, 4.69) is 32.2 Å². The van der Waals surface area contributed by atoms with Crippen molar-refractivity contribution in [3.63, 3.8) is 0 Å². The monoisotopic (exact) mass is 273 g/mol. The lowest BCUT2D eigenvalue weighted by Gasteiger charge is -2.32. The normalized spacial score (nSPS) is 25.8. The third-order valence-corrected chi connectivity index (χ3v) is 4.02. The first kappa shape index (κ1) is 14.6. The third-order valence-electron chi connectivity index (χ3n) is 4.02. The van der Waals surface area contributed by atoms with E-state index in [0.29, 0.717) is 24.4 Å². The maximum Gasteiger partial charge on any atom is 0.411 e. The van der Waals surface area contributed by atoms with Crippen LogP contribution in [0.2, 0.25) is 0 Å². The summed E-state index contributed by atoms with van der Waals surface area (Å²) in [7, 11) is 0. The Hall–Kier alpha value is -1.77. The van der Waals surface area contributed by atoms with Gasteiger partial charge in [-0.15, -0.1) is 0 Å². The molecule has 1 aromatic rings. The average molecular weight is 273 g/mol. The average Bonchev–Trinajstić information content (AvgIpc) is 2.38. The number of allylic oxidation sites excluding steroid dienone is 2. The molecule has 0 bridgehead atoms. The molecular formula is C17H23NO2. The lowest BCUT2D eigenvalue weighted by molar-refractivity contribution is 0.106. The SMILES string of the molecule is CC1=C[C@@H](C)[C@H](COC(=O)Nc2ccccc2)[C@@H](C)C1. The van der Waals surface area contributed by atoms with E-state index in [4.69, 9.17) is 4.74 Å². The number of para-hydroxylation sites is 1. The molecule has 0 spiro atoms. The van der Waals surface area contributed by atoms with Gasteiger partial charge in [-0.25, -0.2) is 4.79 Å². The zero-order valence-corrected chi connectivity index (χ0v) is 12.4. The fourth-order valence-electron chi connectivity index (χ4n) is 2.98. The van der Waals surface area contributed by atoms with Crippen molar-refractivity contribution in [2.24, 2.45) is 17.8 Å². The number of hydrogen-bond acceptors (Lipinski definition) is 2. The predicted octanol–water partition coefficient (Wildman–Crippen LogP) is 4.47. The maximum atomic E-state index is 11.8. The first-order valence-corrected chi connectivity index (χ1v) is 7.22. The topological polar surface area (TPSA) is 38.3 Å². The van der Waals surface area contributed by atoms with E-state index in [1.165, 1.54) is 5.57 Å². The standard InChI is InChI=1S/C17H23NO2/c1-12-9-13(2)16(14(3)10-12)11-20-17(19)18-15-7-5-4-6-8-15/h4-9,13-14,16H,10-11H2,1-3H3,(H,18,19)/t13-,14+,16+/m1/s1. The second-order valence-corrected chi connectivity index (χ2v) is 5.81. The van der Waals surface area contributed by atoms with Crippen LogP contribution in [0.4, 0.5) is 10.5 Å². The predicted molar refractivity (Wildman–Crippen MR) is 81.6 cm³/mol. The van der Waals surface area contributed by atoms with Gasteiger partial charge in [0.2, 0.25) is 0 Å². The number of rotatable bonds is 3. The highest BCUT2D eigenvalue weighted by atomic mass is 16.5. The summed E-state index contributed by atoms with van der Waals surface area (Å²) in [5.74, 6) is 1.42. The zero-order valence-electron chi connectivity index (χ0n) is 12.4. The molecule has 0 saturated heterocycles. The molecule has 1 aliphatic rings. The summed E-state index contributed by atoms with van der Waals surface area (Å²) in [6, 6.07) is 9.37. The molecule has 0 saturated carbocycles. The molecule has 3 heteroatoms. The quantitative estimate of drug-likeness (QED) is 0.825. The van der Waals surface area contributed by atoms with Gasteiger partial charge in [0, 0.05) is 11.6 Å². The van der Waals surface area contributed by atoms with Gasteiger partial charge in [0.05, 0.1) is 6.61 Å². The minimum Gasteiger partial charge on any atom is -0.449 e. The molecule has 1 aromatic carbocycles. The van der Waals surface area contributed by atoms with Gasteiger partial charge in [-0.3, -0.25) is 5.32 Å². The minimum absolute atomic E-state index is 0.373. The number of benzene rings is 1. The Labute approximate surface area is 121 Å². The van der Waals surface area contributed by atoms with E-state index < -0.39 is 0 Å². The number of nitrogens with one attached hydrogen (secondary N) is 1. The van der Waals surface area contributed by atoms with Crippen LogP contribution in [0, 0.1) is 17.8 Å². The molecule has 3 atom stereocenters. The maximum absolute atomic E-state index is 11.8. The first-order valence-electron chi connectivity index (χ1n) is 7.22. The molecule has 1 N–H and O–H groups in total. The molecule has 3 nitrogen and oxygen atoms in total. The summed E-state index contributed by atoms with van der Waals surface area (Å²) >= 11 is 0. The van der Waals surface area contributed by atoms with Crippen LogP contribution in [0.1, 0.15) is 27.2 Å². The molecule has 1 aliphatic carbocycles. The molecule has 0 aromatic heterocycles. The molecule has 20 heavy (non-hydrogen) atoms. The largest absolute Gasteiger partial charge is 0.449 e. The molecule has 108 valence electrons. The van der Waals surface area contributed by atoms with Crippen LogP contribution in [-0.4, -0.2) is 12.7 Å². The number of carbonyl (C=O) groups excluding carboxylic acids is 1. The van der Waals surface area contributed by atoms with Gasteiger partial charge in [-0.2, -0.15) is 0 Å². The Morgan fingerprint density at radius 2 is 2.00 bits per heavy atom. The van der Waals surface area contributed by atoms with Gasteiger partial charge in [0.25, 0.3) is 0 Å². The van der Waals surface area contributed by atoms with Crippen LogP contribution in [0.15, 0.2) is 42.0 Å². The van der Waals surface area contributed by atoms with E-state index in [1.54, 1.807) is 0 Å². The zero-order chi connectivity index (χ0) is 14.5. The van der Waals surface area contributed by atoms with E-state index in [9.17, 15) is 4.79 Å². The summed E-state index contributed by atoms with van der Waals surface area (Å²) in [6.07, 6.45) is 3.02. The van der Waals surface area contributed by atoms with Crippen LogP contribution >= 0.6 is 0 Å². The van der Waals surface area contributed by atoms with Gasteiger partial charge in [-0.05, 0) is 37.3 Å². The van der Waals surface area contributed by atoms with E-state index in [1.807, 2.05) is 30.3 Å². The molecular weight excluding hydrogens is 250 g/mol. The minimum atomic E-state index is -0.373. The van der Waals surface area contributed by atoms with E-state index in [0.717, 1.165) is 12.1 Å². The van der Waals surface area contributed by atoms with Gasteiger partial charge in [0.15, 0.2) is 0 Å². The summed E-state index contributed by atoms with van der Waals surface area (Å²) in [4.78, 5) is 11.8. The van der Waals surface area contributed by atoms with Crippen molar-refractivity contribution >= 4 is 11.8 Å². The van der Waals surface area contributed by atoms with Crippen molar-refractivity contribution in [1.29, 1.82) is 0 Å². The van der Waals surface area contributed by atoms with Crippen LogP contribution in [0.5, 0.6) is 0 Å². The van der Waals surface area contributed by atoms with E-state index >= 15 is 0 Å². The fraction of sp³-hybridized carbons (Fsp3) is 0.471. The highest BCUT2D eigenvalue weighted by molar-refractivity contribution is 5.84. The van der Waals surface area contributed by atoms with Crippen molar-refractivity contribution in [2.75, 3.05) is 11.9 Å². The van der Waals surface area contributed by atoms with Crippen molar-refractivity contribution in [1.82, 2.24) is 0 Å². The number of hydrogen-bond donors (Lipinski definition) is 1. The number of anilines is 1. The second kappa shape index (κ2) is 6.60. The first-order chi connectivity index (χ1) is 9.56. The third kappa shape index (κ3) is 3.86. The van der Waals surface area contributed by atoms with Crippen LogP contribution in [0.25, 0.3) is 0 Å². The molecule has 2 rings (SSSR count). The van der Waals surface area contributed by atoms with Gasteiger partial charge in [0.1, 0.15) is 0 Å². The molecule has 0 aliphatic heterocycles. The lowest BCUT2D eigenvalue weighted by atomic mass is 9.75. The smallest absolute Gasteiger partial charge is 0.411 e. The van der Waals surface area contributed by atoms with Crippen molar-refractivity contribution in [2.45, 2.75) is 27.2 Å². The second-order valence-electron chi connectivity index (χ2n) is 5.81. The number of ether oxygens (including phenoxy) is 1. The number of carbonyl (C=O) groups is 1. The van der Waals surface area contributed by atoms with Crippen LogP contribution < -0.4 is 5.32 Å². The highest BCUT2D eigenvalue weighted by Crippen LogP contribution is 2.33. The van der Waals surface area contributed by atoms with Gasteiger partial charge >= 0.3 is 6.09 Å². The van der Waals surface area contributed by atoms with Crippen molar-refractivity contribution < 1.29 is 9.53 Å². The molecule has 0 unspecified atom stereocenters. The summed E-state index contributed by atoms with van der Waals surface area (Å²) < 4.78 is 5.38. The lowest BCUT2D eigenvalue weighted by Crippen LogP contribution is -2.29. The fourth-order valence-corrected chi connectivity index (χ4v) is 2.98. The summed E-state index contributed by atoms with van der Waals surface area (Å²) in [5.41, 5.74) is 2.20. The Kier molecular flexibility index (Phi) is 4.83. The van der Waals surface area contributed by atoms with E-state index in [-0.39, 0.29) is 6.09 Å². The Morgan fingerprint density at radius 3 is 2.65 bits per heavy atom. The summed E-state index contributed by atoms with van der Waals surface area (Å²) in [5, 5.41) is 2.74. The Bertz CT molecular complexity index is 481. The molecule has 0 heterocycles. The molecule has 1 amide bonds. The Balaban J connectivity index is 1.84. The van der Waals surface area contributed by atoms with Crippen molar-refractivity contribution in [3.05, 3.63) is 42.0 Å². The van der Waals surface area contributed by atoms with Crippen molar-refractivity contribution in [3.8, 4) is 0 Å². The number of amides is 1. The molecule has 0 fully saturated rings. The van der Waals surface area contributed by atoms with Crippen LogP contribution in [0.3, 0.4) is 0 Å². The van der Waals surface area contributed by atoms with Gasteiger partial charge in [-0.1, -0.05) is 43.7 Å².